The first-order valence-electron chi connectivity index (χ1n) is 2.74. The van der Waals surface area contributed by atoms with E-state index in [4.69, 9.17) is 10.6 Å². The summed E-state index contributed by atoms with van der Waals surface area (Å²) in [5.74, 6) is 4.71. The van der Waals surface area contributed by atoms with Gasteiger partial charge in [-0.2, -0.15) is 0 Å². The predicted molar refractivity (Wildman–Crippen MR) is 31.0 cm³/mol. The van der Waals surface area contributed by atoms with Gasteiger partial charge in [0.05, 0.1) is 6.10 Å². The average molecular weight is 119 g/mol. The van der Waals surface area contributed by atoms with Crippen LogP contribution in [0.25, 0.3) is 0 Å². The van der Waals surface area contributed by atoms with Crippen LogP contribution >= 0.6 is 0 Å². The number of hydrogen-bond donors (Lipinski definition) is 1. The van der Waals surface area contributed by atoms with E-state index >= 15 is 0 Å². The van der Waals surface area contributed by atoms with Gasteiger partial charge in [-0.1, -0.05) is 6.92 Å². The van der Waals surface area contributed by atoms with Crippen LogP contribution in [0.15, 0.2) is 0 Å². The Labute approximate surface area is 49.7 Å². The molecule has 1 unspecified atom stereocenters. The highest BCUT2D eigenvalue weighted by Crippen LogP contribution is 1.93. The molecule has 0 rings (SSSR count). The van der Waals surface area contributed by atoms with Crippen molar-refractivity contribution < 1.29 is 9.57 Å². The van der Waals surface area contributed by atoms with Crippen molar-refractivity contribution >= 4 is 0 Å². The second-order valence-electron chi connectivity index (χ2n) is 1.67. The molecule has 3 heteroatoms. The lowest BCUT2D eigenvalue weighted by atomic mass is 10.3. The lowest BCUT2D eigenvalue weighted by molar-refractivity contribution is -0.0862. The summed E-state index contributed by atoms with van der Waals surface area (Å²) in [6, 6.07) is 0. The van der Waals surface area contributed by atoms with Gasteiger partial charge in [0.25, 0.3) is 0 Å². The molecule has 0 aliphatic rings. The molecule has 0 aromatic rings. The molecule has 0 heterocycles. The first-order valence-corrected chi connectivity index (χ1v) is 2.74. The van der Waals surface area contributed by atoms with Crippen LogP contribution in [0.1, 0.15) is 20.3 Å². The lowest BCUT2D eigenvalue weighted by Crippen LogP contribution is -2.12. The van der Waals surface area contributed by atoms with Crippen molar-refractivity contribution in [2.24, 2.45) is 5.90 Å². The second-order valence-corrected chi connectivity index (χ2v) is 1.67. The van der Waals surface area contributed by atoms with Gasteiger partial charge in [0.2, 0.25) is 0 Å². The lowest BCUT2D eigenvalue weighted by Gasteiger charge is -2.07. The first kappa shape index (κ1) is 7.88. The molecule has 3 nitrogen and oxygen atoms in total. The Bertz CT molecular complexity index is 49.7. The van der Waals surface area contributed by atoms with Crippen molar-refractivity contribution in [2.75, 3.05) is 6.79 Å². The van der Waals surface area contributed by atoms with Crippen LogP contribution in [-0.4, -0.2) is 12.9 Å². The fraction of sp³-hybridized carbons (Fsp3) is 1.00. The number of ether oxygens (including phenoxy) is 1. The Morgan fingerprint density at radius 1 is 1.62 bits per heavy atom. The van der Waals surface area contributed by atoms with Crippen molar-refractivity contribution in [3.05, 3.63) is 0 Å². The molecule has 0 radical (unpaired) electrons. The Morgan fingerprint density at radius 2 is 2.25 bits per heavy atom. The molecular formula is C5H13NO2. The third-order valence-corrected chi connectivity index (χ3v) is 0.996. The molecule has 50 valence electrons. The fourth-order valence-electron chi connectivity index (χ4n) is 0.273. The summed E-state index contributed by atoms with van der Waals surface area (Å²) < 4.78 is 4.99. The van der Waals surface area contributed by atoms with Crippen LogP contribution in [0, 0.1) is 0 Å². The fourth-order valence-corrected chi connectivity index (χ4v) is 0.273. The Morgan fingerprint density at radius 3 is 2.62 bits per heavy atom. The van der Waals surface area contributed by atoms with E-state index in [0.717, 1.165) is 6.42 Å². The molecule has 0 amide bonds. The van der Waals surface area contributed by atoms with E-state index in [0.29, 0.717) is 0 Å². The van der Waals surface area contributed by atoms with E-state index in [1.54, 1.807) is 0 Å². The summed E-state index contributed by atoms with van der Waals surface area (Å²) in [7, 11) is 0. The van der Waals surface area contributed by atoms with E-state index in [1.807, 2.05) is 13.8 Å². The molecular weight excluding hydrogens is 106 g/mol. The SMILES string of the molecule is CCC(C)OCON. The maximum atomic E-state index is 4.99. The number of nitrogens with two attached hydrogens (primary N) is 1. The van der Waals surface area contributed by atoms with Gasteiger partial charge < -0.3 is 4.74 Å². The zero-order chi connectivity index (χ0) is 6.41. The monoisotopic (exact) mass is 119 g/mol. The van der Waals surface area contributed by atoms with Gasteiger partial charge in [-0.25, -0.2) is 5.90 Å². The minimum atomic E-state index is 0.189. The van der Waals surface area contributed by atoms with Gasteiger partial charge in [0.15, 0.2) is 6.79 Å². The zero-order valence-corrected chi connectivity index (χ0v) is 5.39. The van der Waals surface area contributed by atoms with Crippen molar-refractivity contribution in [3.8, 4) is 0 Å². The van der Waals surface area contributed by atoms with Crippen LogP contribution in [0.2, 0.25) is 0 Å². The minimum absolute atomic E-state index is 0.189. The smallest absolute Gasteiger partial charge is 0.166 e. The summed E-state index contributed by atoms with van der Waals surface area (Å²) >= 11 is 0. The van der Waals surface area contributed by atoms with Gasteiger partial charge in [0, 0.05) is 0 Å². The molecule has 0 aromatic carbocycles. The third-order valence-electron chi connectivity index (χ3n) is 0.996. The van der Waals surface area contributed by atoms with Gasteiger partial charge >= 0.3 is 0 Å². The maximum Gasteiger partial charge on any atom is 0.166 e. The molecule has 0 spiro atoms. The van der Waals surface area contributed by atoms with Crippen molar-refractivity contribution in [1.29, 1.82) is 0 Å². The molecule has 0 aliphatic heterocycles. The molecule has 2 N–H and O–H groups in total. The van der Waals surface area contributed by atoms with E-state index in [-0.39, 0.29) is 12.9 Å². The summed E-state index contributed by atoms with van der Waals surface area (Å²) in [5.41, 5.74) is 0. The molecule has 0 bridgehead atoms. The number of rotatable bonds is 4. The third kappa shape index (κ3) is 4.05. The van der Waals surface area contributed by atoms with Crippen LogP contribution < -0.4 is 5.90 Å². The second kappa shape index (κ2) is 5.03. The van der Waals surface area contributed by atoms with Crippen molar-refractivity contribution in [2.45, 2.75) is 26.4 Å². The maximum absolute atomic E-state index is 4.99. The standard InChI is InChI=1S/C5H13NO2/c1-3-5(2)7-4-8-6/h5H,3-4,6H2,1-2H3. The summed E-state index contributed by atoms with van der Waals surface area (Å²) in [4.78, 5) is 4.19. The van der Waals surface area contributed by atoms with E-state index in [9.17, 15) is 0 Å². The molecule has 1 atom stereocenters. The largest absolute Gasteiger partial charge is 0.351 e. The van der Waals surface area contributed by atoms with Crippen molar-refractivity contribution in [3.63, 3.8) is 0 Å². The normalized spacial score (nSPS) is 13.9. The molecule has 0 aromatic heterocycles. The van der Waals surface area contributed by atoms with E-state index in [1.165, 1.54) is 0 Å². The Hall–Kier alpha value is -0.120. The van der Waals surface area contributed by atoms with Crippen LogP contribution in [0.5, 0.6) is 0 Å². The molecule has 0 aliphatic carbocycles. The Kier molecular flexibility index (Phi) is 4.95. The van der Waals surface area contributed by atoms with Gasteiger partial charge in [-0.3, -0.25) is 4.84 Å². The van der Waals surface area contributed by atoms with Gasteiger partial charge in [0.1, 0.15) is 0 Å². The summed E-state index contributed by atoms with van der Waals surface area (Å²) in [6.45, 7) is 4.20. The van der Waals surface area contributed by atoms with E-state index < -0.39 is 0 Å². The zero-order valence-electron chi connectivity index (χ0n) is 5.39. The molecule has 0 saturated carbocycles. The van der Waals surface area contributed by atoms with Gasteiger partial charge in [-0.05, 0) is 13.3 Å². The highest BCUT2D eigenvalue weighted by molar-refractivity contribution is 4.39. The molecule has 0 fully saturated rings. The molecule has 0 saturated heterocycles. The quantitative estimate of drug-likeness (QED) is 0.436. The molecule has 8 heavy (non-hydrogen) atoms. The van der Waals surface area contributed by atoms with Crippen LogP contribution in [-0.2, 0) is 9.57 Å². The summed E-state index contributed by atoms with van der Waals surface area (Å²) in [6.07, 6.45) is 1.24. The topological polar surface area (TPSA) is 44.5 Å². The predicted octanol–water partition coefficient (Wildman–Crippen LogP) is 0.649. The van der Waals surface area contributed by atoms with E-state index in [2.05, 4.69) is 4.84 Å². The summed E-state index contributed by atoms with van der Waals surface area (Å²) in [5, 5.41) is 0. The first-order chi connectivity index (χ1) is 3.81. The van der Waals surface area contributed by atoms with Crippen LogP contribution in [0.3, 0.4) is 0 Å². The Balaban J connectivity index is 2.86. The van der Waals surface area contributed by atoms with Crippen molar-refractivity contribution in [1.82, 2.24) is 0 Å². The van der Waals surface area contributed by atoms with Gasteiger partial charge in [-0.15, -0.1) is 0 Å². The number of hydrogen-bond acceptors (Lipinski definition) is 3. The highest BCUT2D eigenvalue weighted by atomic mass is 16.7. The average Bonchev–Trinajstić information content (AvgIpc) is 1.83. The highest BCUT2D eigenvalue weighted by Gasteiger charge is 1.94. The minimum Gasteiger partial charge on any atom is -0.351 e. The van der Waals surface area contributed by atoms with Crippen LogP contribution in [0.4, 0.5) is 0 Å².